The molecule has 1 aromatic carbocycles. The van der Waals surface area contributed by atoms with Crippen molar-refractivity contribution in [3.05, 3.63) is 18.2 Å². The Labute approximate surface area is 149 Å². The van der Waals surface area contributed by atoms with Crippen LogP contribution in [0.4, 0.5) is 11.4 Å². The van der Waals surface area contributed by atoms with Crippen LogP contribution < -0.4 is 10.2 Å². The Hall–Kier alpha value is -2.07. The number of sulfone groups is 1. The summed E-state index contributed by atoms with van der Waals surface area (Å²) in [6.07, 6.45) is 1.86. The van der Waals surface area contributed by atoms with Crippen LogP contribution in [-0.2, 0) is 14.6 Å². The molecular formula is C18H25N3O3S. The summed E-state index contributed by atoms with van der Waals surface area (Å²) in [5.74, 6) is 0.179. The minimum atomic E-state index is -3.54. The summed E-state index contributed by atoms with van der Waals surface area (Å²) in [4.78, 5) is 14.2. The van der Waals surface area contributed by atoms with Crippen LogP contribution in [0.25, 0.3) is 0 Å². The summed E-state index contributed by atoms with van der Waals surface area (Å²) in [5.41, 5.74) is 1.15. The lowest BCUT2D eigenvalue weighted by Crippen LogP contribution is -2.32. The van der Waals surface area contributed by atoms with Crippen molar-refractivity contribution in [2.75, 3.05) is 23.3 Å². The average molecular weight is 363 g/mol. The molecule has 6 nitrogen and oxygen atoms in total. The number of carbonyl (C=O) groups excluding carboxylic acids is 1. The van der Waals surface area contributed by atoms with Crippen molar-refractivity contribution >= 4 is 27.1 Å². The number of hydrogen-bond acceptors (Lipinski definition) is 5. The van der Waals surface area contributed by atoms with Crippen molar-refractivity contribution in [3.63, 3.8) is 0 Å². The average Bonchev–Trinajstić information content (AvgIpc) is 2.55. The minimum absolute atomic E-state index is 0.0999. The molecule has 1 amide bonds. The molecule has 0 saturated carbocycles. The first kappa shape index (κ1) is 19.3. The molecule has 0 bridgehead atoms. The van der Waals surface area contributed by atoms with E-state index >= 15 is 0 Å². The standard InChI is InChI=1S/C18H25N3O3S/c1-13(2)25(23,24)17-5-4-15(21-10-7-14(3)8-11-21)12-16(17)20-18(22)6-9-19/h4-5,12-14H,6-8,10-11H2,1-3H3,(H,20,22). The molecule has 0 spiro atoms. The van der Waals surface area contributed by atoms with Crippen LogP contribution in [0.2, 0.25) is 0 Å². The quantitative estimate of drug-likeness (QED) is 0.868. The summed E-state index contributed by atoms with van der Waals surface area (Å²) < 4.78 is 25.2. The number of carbonyl (C=O) groups is 1. The first-order valence-electron chi connectivity index (χ1n) is 8.55. The van der Waals surface area contributed by atoms with Gasteiger partial charge in [0, 0.05) is 18.8 Å². The lowest BCUT2D eigenvalue weighted by Gasteiger charge is -2.32. The highest BCUT2D eigenvalue weighted by Crippen LogP contribution is 2.31. The fourth-order valence-corrected chi connectivity index (χ4v) is 4.03. The first-order chi connectivity index (χ1) is 11.8. The number of nitrogens with zero attached hydrogens (tertiary/aromatic N) is 2. The van der Waals surface area contributed by atoms with Gasteiger partial charge in [-0.1, -0.05) is 6.92 Å². The molecule has 0 unspecified atom stereocenters. The Balaban J connectivity index is 2.40. The molecule has 1 fully saturated rings. The Morgan fingerprint density at radius 2 is 2.00 bits per heavy atom. The number of anilines is 2. The van der Waals surface area contributed by atoms with E-state index in [-0.39, 0.29) is 17.0 Å². The fraction of sp³-hybridized carbons (Fsp3) is 0.556. The van der Waals surface area contributed by atoms with Crippen LogP contribution in [0.5, 0.6) is 0 Å². The summed E-state index contributed by atoms with van der Waals surface area (Å²) in [6, 6.07) is 6.85. The van der Waals surface area contributed by atoms with E-state index in [1.807, 2.05) is 0 Å². The second kappa shape index (κ2) is 7.87. The highest BCUT2D eigenvalue weighted by atomic mass is 32.2. The monoisotopic (exact) mass is 363 g/mol. The van der Waals surface area contributed by atoms with Crippen molar-refractivity contribution in [1.82, 2.24) is 0 Å². The number of amides is 1. The molecule has 1 heterocycles. The van der Waals surface area contributed by atoms with Crippen molar-refractivity contribution in [1.29, 1.82) is 5.26 Å². The highest BCUT2D eigenvalue weighted by molar-refractivity contribution is 7.92. The number of benzene rings is 1. The molecule has 0 radical (unpaired) electrons. The number of nitrogens with one attached hydrogen (secondary N) is 1. The summed E-state index contributed by atoms with van der Waals surface area (Å²) in [6.45, 7) is 7.25. The fourth-order valence-electron chi connectivity index (χ4n) is 2.85. The largest absolute Gasteiger partial charge is 0.371 e. The number of rotatable bonds is 5. The molecule has 25 heavy (non-hydrogen) atoms. The Bertz CT molecular complexity index is 773. The predicted molar refractivity (Wildman–Crippen MR) is 98.2 cm³/mol. The van der Waals surface area contributed by atoms with E-state index in [0.717, 1.165) is 31.6 Å². The molecule has 2 rings (SSSR count). The molecule has 1 aliphatic heterocycles. The van der Waals surface area contributed by atoms with Gasteiger partial charge < -0.3 is 10.2 Å². The Morgan fingerprint density at radius 1 is 1.36 bits per heavy atom. The molecule has 1 aliphatic rings. The van der Waals surface area contributed by atoms with Gasteiger partial charge in [0.2, 0.25) is 5.91 Å². The van der Waals surface area contributed by atoms with E-state index in [1.165, 1.54) is 0 Å². The Morgan fingerprint density at radius 3 is 2.56 bits per heavy atom. The Kier molecular flexibility index (Phi) is 6.07. The summed E-state index contributed by atoms with van der Waals surface area (Å²) in [7, 11) is -3.54. The molecule has 0 aromatic heterocycles. The second-order valence-electron chi connectivity index (χ2n) is 6.83. The van der Waals surface area contributed by atoms with Crippen molar-refractivity contribution in [3.8, 4) is 6.07 Å². The summed E-state index contributed by atoms with van der Waals surface area (Å²) >= 11 is 0. The number of nitriles is 1. The molecule has 0 atom stereocenters. The highest BCUT2D eigenvalue weighted by Gasteiger charge is 2.25. The molecule has 136 valence electrons. The van der Waals surface area contributed by atoms with Crippen LogP contribution in [0.1, 0.15) is 40.0 Å². The van der Waals surface area contributed by atoms with Crippen LogP contribution in [0.3, 0.4) is 0 Å². The maximum atomic E-state index is 12.6. The first-order valence-corrected chi connectivity index (χ1v) is 10.1. The van der Waals surface area contributed by atoms with Crippen LogP contribution in [0.15, 0.2) is 23.1 Å². The van der Waals surface area contributed by atoms with Crippen LogP contribution in [0, 0.1) is 17.2 Å². The zero-order valence-corrected chi connectivity index (χ0v) is 15.8. The topological polar surface area (TPSA) is 90.3 Å². The van der Waals surface area contributed by atoms with E-state index in [1.54, 1.807) is 38.1 Å². The maximum absolute atomic E-state index is 12.6. The van der Waals surface area contributed by atoms with Gasteiger partial charge in [-0.05, 0) is 50.8 Å². The van der Waals surface area contributed by atoms with Crippen molar-refractivity contribution < 1.29 is 13.2 Å². The third-order valence-corrected chi connectivity index (χ3v) is 6.76. The zero-order valence-electron chi connectivity index (χ0n) is 14.9. The van der Waals surface area contributed by atoms with Gasteiger partial charge in [0.25, 0.3) is 0 Å². The van der Waals surface area contributed by atoms with Gasteiger partial charge in [-0.25, -0.2) is 8.42 Å². The summed E-state index contributed by atoms with van der Waals surface area (Å²) in [5, 5.41) is 10.7. The van der Waals surface area contributed by atoms with Gasteiger partial charge in [-0.3, -0.25) is 4.79 Å². The van der Waals surface area contributed by atoms with Gasteiger partial charge in [-0.2, -0.15) is 5.26 Å². The lowest BCUT2D eigenvalue weighted by molar-refractivity contribution is -0.115. The zero-order chi connectivity index (χ0) is 18.6. The molecular weight excluding hydrogens is 338 g/mol. The maximum Gasteiger partial charge on any atom is 0.238 e. The molecule has 1 N–H and O–H groups in total. The normalized spacial score (nSPS) is 15.9. The van der Waals surface area contributed by atoms with E-state index in [2.05, 4.69) is 17.1 Å². The van der Waals surface area contributed by atoms with Gasteiger partial charge in [0.05, 0.1) is 21.9 Å². The lowest BCUT2D eigenvalue weighted by atomic mass is 9.99. The van der Waals surface area contributed by atoms with E-state index in [9.17, 15) is 13.2 Å². The van der Waals surface area contributed by atoms with Gasteiger partial charge in [-0.15, -0.1) is 0 Å². The third kappa shape index (κ3) is 4.51. The second-order valence-corrected chi connectivity index (χ2v) is 9.30. The molecule has 7 heteroatoms. The number of hydrogen-bond donors (Lipinski definition) is 1. The van der Waals surface area contributed by atoms with Crippen LogP contribution >= 0.6 is 0 Å². The van der Waals surface area contributed by atoms with Gasteiger partial charge >= 0.3 is 0 Å². The van der Waals surface area contributed by atoms with Crippen molar-refractivity contribution in [2.45, 2.75) is 50.2 Å². The van der Waals surface area contributed by atoms with E-state index in [0.29, 0.717) is 5.92 Å². The van der Waals surface area contributed by atoms with Crippen molar-refractivity contribution in [2.24, 2.45) is 5.92 Å². The SMILES string of the molecule is CC1CCN(c2ccc(S(=O)(=O)C(C)C)c(NC(=O)CC#N)c2)CC1. The van der Waals surface area contributed by atoms with Crippen LogP contribution in [-0.4, -0.2) is 32.7 Å². The predicted octanol–water partition coefficient (Wildman–Crippen LogP) is 2.96. The van der Waals surface area contributed by atoms with E-state index < -0.39 is 21.0 Å². The molecule has 1 aromatic rings. The smallest absolute Gasteiger partial charge is 0.238 e. The molecule has 1 saturated heterocycles. The number of piperidine rings is 1. The van der Waals surface area contributed by atoms with E-state index in [4.69, 9.17) is 5.26 Å². The third-order valence-electron chi connectivity index (χ3n) is 4.55. The minimum Gasteiger partial charge on any atom is -0.371 e. The van der Waals surface area contributed by atoms with Gasteiger partial charge in [0.15, 0.2) is 9.84 Å². The molecule has 0 aliphatic carbocycles. The van der Waals surface area contributed by atoms with Gasteiger partial charge in [0.1, 0.15) is 6.42 Å².